The van der Waals surface area contributed by atoms with E-state index in [-0.39, 0.29) is 0 Å². The molecule has 2 nitrogen and oxygen atoms in total. The van der Waals surface area contributed by atoms with Crippen molar-refractivity contribution in [2.75, 3.05) is 11.9 Å². The number of hydrogen-bond acceptors (Lipinski definition) is 2. The van der Waals surface area contributed by atoms with Crippen LogP contribution in [0.2, 0.25) is 5.02 Å². The molecule has 104 valence electrons. The first kappa shape index (κ1) is 14.6. The van der Waals surface area contributed by atoms with E-state index in [1.165, 1.54) is 38.5 Å². The van der Waals surface area contributed by atoms with Crippen molar-refractivity contribution in [3.05, 3.63) is 28.8 Å². The molecule has 1 aliphatic rings. The predicted molar refractivity (Wildman–Crippen MR) is 87.0 cm³/mol. The fourth-order valence-corrected chi connectivity index (χ4v) is 3.10. The van der Waals surface area contributed by atoms with Crippen LogP contribution in [0, 0.1) is 5.92 Å². The molecule has 4 heteroatoms. The fourth-order valence-electron chi connectivity index (χ4n) is 2.76. The van der Waals surface area contributed by atoms with Crippen LogP contribution >= 0.6 is 23.8 Å². The molecule has 0 radical (unpaired) electrons. The van der Waals surface area contributed by atoms with Gasteiger partial charge in [-0.2, -0.15) is 0 Å². The van der Waals surface area contributed by atoms with Gasteiger partial charge in [0.2, 0.25) is 0 Å². The van der Waals surface area contributed by atoms with Gasteiger partial charge in [-0.05, 0) is 30.5 Å². The minimum absolute atomic E-state index is 0.391. The summed E-state index contributed by atoms with van der Waals surface area (Å²) in [6.07, 6.45) is 8.18. The molecule has 0 amide bonds. The Bertz CT molecular complexity index is 442. The zero-order valence-corrected chi connectivity index (χ0v) is 12.7. The molecule has 1 aromatic rings. The lowest BCUT2D eigenvalue weighted by Gasteiger charge is -2.22. The van der Waals surface area contributed by atoms with E-state index in [2.05, 4.69) is 5.32 Å². The van der Waals surface area contributed by atoms with Gasteiger partial charge in [0.15, 0.2) is 0 Å². The van der Waals surface area contributed by atoms with Gasteiger partial charge in [-0.1, -0.05) is 55.9 Å². The SMILES string of the molecule is NC(=S)c1cc(Cl)ccc1NCCC1CCCCC1. The molecule has 0 unspecified atom stereocenters. The highest BCUT2D eigenvalue weighted by Gasteiger charge is 2.13. The van der Waals surface area contributed by atoms with Gasteiger partial charge in [-0.25, -0.2) is 0 Å². The van der Waals surface area contributed by atoms with Crippen molar-refractivity contribution in [3.63, 3.8) is 0 Å². The highest BCUT2D eigenvalue weighted by molar-refractivity contribution is 7.80. The molecule has 1 saturated carbocycles. The maximum atomic E-state index is 5.97. The van der Waals surface area contributed by atoms with Crippen molar-refractivity contribution < 1.29 is 0 Å². The zero-order chi connectivity index (χ0) is 13.7. The van der Waals surface area contributed by atoms with Gasteiger partial charge in [0.25, 0.3) is 0 Å². The molecule has 0 heterocycles. The summed E-state index contributed by atoms with van der Waals surface area (Å²) in [5.74, 6) is 0.877. The first-order chi connectivity index (χ1) is 9.16. The second-order valence-electron chi connectivity index (χ2n) is 5.27. The number of halogens is 1. The number of thiocarbonyl (C=S) groups is 1. The van der Waals surface area contributed by atoms with Crippen LogP contribution in [0.15, 0.2) is 18.2 Å². The second kappa shape index (κ2) is 7.11. The van der Waals surface area contributed by atoms with Crippen LogP contribution in [0.5, 0.6) is 0 Å². The van der Waals surface area contributed by atoms with Gasteiger partial charge in [0.05, 0.1) is 0 Å². The van der Waals surface area contributed by atoms with Gasteiger partial charge in [0, 0.05) is 22.8 Å². The second-order valence-corrected chi connectivity index (χ2v) is 6.15. The third-order valence-corrected chi connectivity index (χ3v) is 4.29. The van der Waals surface area contributed by atoms with E-state index in [1.54, 1.807) is 0 Å². The molecule has 1 aromatic carbocycles. The lowest BCUT2D eigenvalue weighted by Crippen LogP contribution is -2.16. The zero-order valence-electron chi connectivity index (χ0n) is 11.1. The molecule has 0 atom stereocenters. The Morgan fingerprint density at radius 3 is 2.74 bits per heavy atom. The standard InChI is InChI=1S/C15H21ClN2S/c16-12-6-7-14(13(10-12)15(17)19)18-9-8-11-4-2-1-3-5-11/h6-7,10-11,18H,1-5,8-9H2,(H2,17,19). The van der Waals surface area contributed by atoms with E-state index in [9.17, 15) is 0 Å². The lowest BCUT2D eigenvalue weighted by molar-refractivity contribution is 0.345. The minimum atomic E-state index is 0.391. The van der Waals surface area contributed by atoms with E-state index in [1.807, 2.05) is 18.2 Å². The number of anilines is 1. The average Bonchev–Trinajstić information content (AvgIpc) is 2.41. The van der Waals surface area contributed by atoms with Gasteiger partial charge in [0.1, 0.15) is 4.99 Å². The van der Waals surface area contributed by atoms with E-state index in [0.29, 0.717) is 10.0 Å². The number of nitrogens with one attached hydrogen (secondary N) is 1. The summed E-state index contributed by atoms with van der Waals surface area (Å²) in [7, 11) is 0. The molecule has 0 spiro atoms. The van der Waals surface area contributed by atoms with Crippen molar-refractivity contribution in [2.45, 2.75) is 38.5 Å². The number of rotatable bonds is 5. The molecular weight excluding hydrogens is 276 g/mol. The van der Waals surface area contributed by atoms with E-state index < -0.39 is 0 Å². The summed E-state index contributed by atoms with van der Waals surface area (Å²) in [6.45, 7) is 0.974. The average molecular weight is 297 g/mol. The van der Waals surface area contributed by atoms with Gasteiger partial charge in [-0.15, -0.1) is 0 Å². The van der Waals surface area contributed by atoms with E-state index in [4.69, 9.17) is 29.6 Å². The Labute approximate surface area is 125 Å². The van der Waals surface area contributed by atoms with Crippen LogP contribution in [0.4, 0.5) is 5.69 Å². The Kier molecular flexibility index (Phi) is 5.46. The number of nitrogens with two attached hydrogens (primary N) is 1. The molecule has 19 heavy (non-hydrogen) atoms. The Hall–Kier alpha value is -0.800. The molecule has 0 bridgehead atoms. The lowest BCUT2D eigenvalue weighted by atomic mass is 9.87. The molecule has 1 fully saturated rings. The van der Waals surface area contributed by atoms with Crippen molar-refractivity contribution >= 4 is 34.5 Å². The first-order valence-electron chi connectivity index (χ1n) is 7.00. The Morgan fingerprint density at radius 1 is 1.32 bits per heavy atom. The van der Waals surface area contributed by atoms with Crippen LogP contribution in [0.25, 0.3) is 0 Å². The largest absolute Gasteiger partial charge is 0.389 e. The summed E-state index contributed by atoms with van der Waals surface area (Å²) in [5, 5.41) is 4.11. The van der Waals surface area contributed by atoms with E-state index >= 15 is 0 Å². The molecule has 2 rings (SSSR count). The fraction of sp³-hybridized carbons (Fsp3) is 0.533. The highest BCUT2D eigenvalue weighted by atomic mass is 35.5. The third-order valence-electron chi connectivity index (χ3n) is 3.84. The van der Waals surface area contributed by atoms with Crippen LogP contribution in [0.3, 0.4) is 0 Å². The Balaban J connectivity index is 1.89. The topological polar surface area (TPSA) is 38.0 Å². The monoisotopic (exact) mass is 296 g/mol. The number of benzene rings is 1. The molecular formula is C15H21ClN2S. The molecule has 1 aliphatic carbocycles. The minimum Gasteiger partial charge on any atom is -0.389 e. The van der Waals surface area contributed by atoms with Crippen molar-refractivity contribution in [1.82, 2.24) is 0 Å². The number of hydrogen-bond donors (Lipinski definition) is 2. The van der Waals surface area contributed by atoms with E-state index in [0.717, 1.165) is 23.7 Å². The van der Waals surface area contributed by atoms with Crippen LogP contribution in [0.1, 0.15) is 44.1 Å². The van der Waals surface area contributed by atoms with Crippen molar-refractivity contribution in [3.8, 4) is 0 Å². The highest BCUT2D eigenvalue weighted by Crippen LogP contribution is 2.27. The maximum absolute atomic E-state index is 5.97. The van der Waals surface area contributed by atoms with Crippen LogP contribution < -0.4 is 11.1 Å². The van der Waals surface area contributed by atoms with Gasteiger partial charge >= 0.3 is 0 Å². The van der Waals surface area contributed by atoms with Gasteiger partial charge < -0.3 is 11.1 Å². The van der Waals surface area contributed by atoms with Crippen LogP contribution in [-0.2, 0) is 0 Å². The van der Waals surface area contributed by atoms with Crippen LogP contribution in [-0.4, -0.2) is 11.5 Å². The summed E-state index contributed by atoms with van der Waals surface area (Å²) in [4.78, 5) is 0.391. The van der Waals surface area contributed by atoms with Gasteiger partial charge in [-0.3, -0.25) is 0 Å². The first-order valence-corrected chi connectivity index (χ1v) is 7.78. The smallest absolute Gasteiger partial charge is 0.106 e. The maximum Gasteiger partial charge on any atom is 0.106 e. The molecule has 0 aliphatic heterocycles. The Morgan fingerprint density at radius 2 is 2.05 bits per heavy atom. The summed E-state index contributed by atoms with van der Waals surface area (Å²) in [6, 6.07) is 5.65. The normalized spacial score (nSPS) is 16.3. The predicted octanol–water partition coefficient (Wildman–Crippen LogP) is 4.36. The summed E-state index contributed by atoms with van der Waals surface area (Å²) in [5.41, 5.74) is 7.56. The molecule has 3 N–H and O–H groups in total. The third kappa shape index (κ3) is 4.36. The summed E-state index contributed by atoms with van der Waals surface area (Å²) < 4.78 is 0. The molecule has 0 aromatic heterocycles. The van der Waals surface area contributed by atoms with Crippen molar-refractivity contribution in [2.24, 2.45) is 11.7 Å². The summed E-state index contributed by atoms with van der Waals surface area (Å²) >= 11 is 11.0. The van der Waals surface area contributed by atoms with Crippen molar-refractivity contribution in [1.29, 1.82) is 0 Å². The quantitative estimate of drug-likeness (QED) is 0.793. The molecule has 0 saturated heterocycles.